The summed E-state index contributed by atoms with van der Waals surface area (Å²) in [7, 11) is 0. The van der Waals surface area contributed by atoms with Crippen molar-refractivity contribution in [2.24, 2.45) is 0 Å². The molecule has 16 heavy (non-hydrogen) atoms. The molecular formula is C14H10O2. The predicted molar refractivity (Wildman–Crippen MR) is 61.9 cm³/mol. The lowest BCUT2D eigenvalue weighted by molar-refractivity contribution is 0.479. The van der Waals surface area contributed by atoms with Crippen LogP contribution in [0, 0.1) is 12.2 Å². The summed E-state index contributed by atoms with van der Waals surface area (Å²) >= 11 is 0. The molecule has 2 rings (SSSR count). The van der Waals surface area contributed by atoms with Crippen LogP contribution in [-0.2, 0) is 0 Å². The molecule has 0 spiro atoms. The molecule has 0 fully saturated rings. The van der Waals surface area contributed by atoms with Gasteiger partial charge in [-0.05, 0) is 24.3 Å². The van der Waals surface area contributed by atoms with Gasteiger partial charge in [0, 0.05) is 0 Å². The van der Waals surface area contributed by atoms with Crippen LogP contribution in [0.3, 0.4) is 0 Å². The molecule has 0 unspecified atom stereocenters. The van der Waals surface area contributed by atoms with Gasteiger partial charge < -0.3 is 9.47 Å². The van der Waals surface area contributed by atoms with Crippen LogP contribution in [0.15, 0.2) is 60.7 Å². The highest BCUT2D eigenvalue weighted by molar-refractivity contribution is 5.24. The number of hydrogen-bond donors (Lipinski definition) is 0. The van der Waals surface area contributed by atoms with E-state index in [0.29, 0.717) is 11.5 Å². The average molecular weight is 210 g/mol. The van der Waals surface area contributed by atoms with Crippen LogP contribution in [0.25, 0.3) is 0 Å². The molecule has 2 heteroatoms. The Balaban J connectivity index is 1.88. The molecule has 0 amide bonds. The van der Waals surface area contributed by atoms with E-state index in [1.165, 1.54) is 0 Å². The monoisotopic (exact) mass is 210 g/mol. The Hall–Kier alpha value is -2.40. The van der Waals surface area contributed by atoms with Gasteiger partial charge in [-0.1, -0.05) is 36.4 Å². The van der Waals surface area contributed by atoms with Crippen molar-refractivity contribution in [3.05, 3.63) is 60.7 Å². The van der Waals surface area contributed by atoms with Crippen molar-refractivity contribution in [3.8, 4) is 23.7 Å². The first-order valence-corrected chi connectivity index (χ1v) is 4.89. The van der Waals surface area contributed by atoms with E-state index in [-0.39, 0.29) is 0 Å². The van der Waals surface area contributed by atoms with Crippen LogP contribution >= 0.6 is 0 Å². The predicted octanol–water partition coefficient (Wildman–Crippen LogP) is 3.06. The zero-order chi connectivity index (χ0) is 11.1. The number of para-hydroxylation sites is 2. The van der Waals surface area contributed by atoms with Gasteiger partial charge in [0.25, 0.3) is 0 Å². The van der Waals surface area contributed by atoms with Gasteiger partial charge in [-0.25, -0.2) is 0 Å². The molecule has 2 aromatic carbocycles. The summed E-state index contributed by atoms with van der Waals surface area (Å²) in [6.45, 7) is 0. The van der Waals surface area contributed by atoms with Gasteiger partial charge in [-0.3, -0.25) is 0 Å². The molecule has 0 heterocycles. The van der Waals surface area contributed by atoms with Crippen LogP contribution in [0.5, 0.6) is 11.5 Å². The lowest BCUT2D eigenvalue weighted by Gasteiger charge is -1.95. The van der Waals surface area contributed by atoms with Gasteiger partial charge in [0.15, 0.2) is 12.2 Å². The first-order valence-electron chi connectivity index (χ1n) is 4.89. The third-order valence-electron chi connectivity index (χ3n) is 1.87. The second kappa shape index (κ2) is 5.47. The molecule has 0 aromatic heterocycles. The molecule has 78 valence electrons. The van der Waals surface area contributed by atoms with E-state index in [1.807, 2.05) is 60.7 Å². The highest BCUT2D eigenvalue weighted by Crippen LogP contribution is 2.08. The van der Waals surface area contributed by atoms with Crippen LogP contribution in [0.2, 0.25) is 0 Å². The summed E-state index contributed by atoms with van der Waals surface area (Å²) in [5.41, 5.74) is 0. The van der Waals surface area contributed by atoms with Gasteiger partial charge in [-0.2, -0.15) is 0 Å². The maximum atomic E-state index is 5.14. The molecule has 0 atom stereocenters. The summed E-state index contributed by atoms with van der Waals surface area (Å²) < 4.78 is 10.3. The normalized spacial score (nSPS) is 8.75. The second-order valence-electron chi connectivity index (χ2n) is 3.03. The lowest BCUT2D eigenvalue weighted by Crippen LogP contribution is -1.86. The Morgan fingerprint density at radius 3 is 1.31 bits per heavy atom. The third-order valence-corrected chi connectivity index (χ3v) is 1.87. The Morgan fingerprint density at radius 1 is 0.562 bits per heavy atom. The van der Waals surface area contributed by atoms with E-state index >= 15 is 0 Å². The van der Waals surface area contributed by atoms with E-state index in [1.54, 1.807) is 0 Å². The van der Waals surface area contributed by atoms with Crippen molar-refractivity contribution < 1.29 is 9.47 Å². The lowest BCUT2D eigenvalue weighted by atomic mass is 10.3. The maximum Gasteiger partial charge on any atom is 0.161 e. The van der Waals surface area contributed by atoms with E-state index in [0.717, 1.165) is 0 Å². The molecule has 2 aromatic rings. The largest absolute Gasteiger partial charge is 0.405 e. The Kier molecular flexibility index (Phi) is 3.47. The Bertz CT molecular complexity index is 435. The fourth-order valence-corrected chi connectivity index (χ4v) is 1.14. The zero-order valence-electron chi connectivity index (χ0n) is 8.59. The van der Waals surface area contributed by atoms with Crippen molar-refractivity contribution in [1.82, 2.24) is 0 Å². The number of ether oxygens (including phenoxy) is 2. The van der Waals surface area contributed by atoms with Gasteiger partial charge in [0.05, 0.1) is 0 Å². The van der Waals surface area contributed by atoms with E-state index < -0.39 is 0 Å². The molecule has 0 saturated carbocycles. The molecule has 0 saturated heterocycles. The fraction of sp³-hybridized carbons (Fsp3) is 0. The van der Waals surface area contributed by atoms with Crippen molar-refractivity contribution in [2.45, 2.75) is 0 Å². The topological polar surface area (TPSA) is 18.5 Å². The maximum absolute atomic E-state index is 5.14. The Labute approximate surface area is 94.4 Å². The summed E-state index contributed by atoms with van der Waals surface area (Å²) in [6.07, 6.45) is 4.96. The zero-order valence-corrected chi connectivity index (χ0v) is 8.59. The number of benzene rings is 2. The SMILES string of the molecule is C(#COc1ccccc1)Oc1ccccc1. The van der Waals surface area contributed by atoms with Crippen molar-refractivity contribution >= 4 is 0 Å². The van der Waals surface area contributed by atoms with Crippen LogP contribution in [0.4, 0.5) is 0 Å². The van der Waals surface area contributed by atoms with Crippen molar-refractivity contribution in [3.63, 3.8) is 0 Å². The minimum Gasteiger partial charge on any atom is -0.405 e. The molecule has 0 aliphatic heterocycles. The highest BCUT2D eigenvalue weighted by atomic mass is 16.5. The smallest absolute Gasteiger partial charge is 0.161 e. The van der Waals surface area contributed by atoms with E-state index in [2.05, 4.69) is 12.2 Å². The number of hydrogen-bond acceptors (Lipinski definition) is 2. The van der Waals surface area contributed by atoms with E-state index in [9.17, 15) is 0 Å². The standard InChI is InChI=1S/C14H10O2/c1-3-7-13(8-4-1)15-11-12-16-14-9-5-2-6-10-14/h1-10H. The van der Waals surface area contributed by atoms with Crippen molar-refractivity contribution in [2.75, 3.05) is 0 Å². The van der Waals surface area contributed by atoms with Crippen LogP contribution in [0.1, 0.15) is 0 Å². The number of rotatable bonds is 2. The third kappa shape index (κ3) is 3.07. The first kappa shape index (κ1) is 10.1. The minimum atomic E-state index is 0.701. The molecule has 0 N–H and O–H groups in total. The average Bonchev–Trinajstić information content (AvgIpc) is 2.37. The molecule has 2 nitrogen and oxygen atoms in total. The first-order chi connectivity index (χ1) is 7.95. The molecule has 0 bridgehead atoms. The fourth-order valence-electron chi connectivity index (χ4n) is 1.14. The Morgan fingerprint density at radius 2 is 0.938 bits per heavy atom. The van der Waals surface area contributed by atoms with Crippen LogP contribution < -0.4 is 9.47 Å². The summed E-state index contributed by atoms with van der Waals surface area (Å²) in [5, 5.41) is 0. The molecule has 0 aliphatic rings. The minimum absolute atomic E-state index is 0.701. The van der Waals surface area contributed by atoms with Gasteiger partial charge >= 0.3 is 0 Å². The van der Waals surface area contributed by atoms with Gasteiger partial charge in [0.2, 0.25) is 0 Å². The highest BCUT2D eigenvalue weighted by Gasteiger charge is 1.87. The van der Waals surface area contributed by atoms with Crippen molar-refractivity contribution in [1.29, 1.82) is 0 Å². The molecular weight excluding hydrogens is 200 g/mol. The summed E-state index contributed by atoms with van der Waals surface area (Å²) in [5.74, 6) is 1.40. The molecule has 0 radical (unpaired) electrons. The van der Waals surface area contributed by atoms with Gasteiger partial charge in [-0.15, -0.1) is 0 Å². The second-order valence-corrected chi connectivity index (χ2v) is 3.03. The van der Waals surface area contributed by atoms with Gasteiger partial charge in [0.1, 0.15) is 11.5 Å². The summed E-state index contributed by atoms with van der Waals surface area (Å²) in [4.78, 5) is 0. The molecule has 0 aliphatic carbocycles. The quantitative estimate of drug-likeness (QED) is 0.709. The van der Waals surface area contributed by atoms with Crippen LogP contribution in [-0.4, -0.2) is 0 Å². The van der Waals surface area contributed by atoms with E-state index in [4.69, 9.17) is 9.47 Å². The summed E-state index contributed by atoms with van der Waals surface area (Å²) in [6, 6.07) is 18.7.